The average molecular weight is 265 g/mol. The third-order valence-electron chi connectivity index (χ3n) is 3.47. The van der Waals surface area contributed by atoms with Crippen molar-refractivity contribution in [2.45, 2.75) is 39.3 Å². The van der Waals surface area contributed by atoms with Crippen LogP contribution in [0.1, 0.15) is 31.9 Å². The van der Waals surface area contributed by atoms with Crippen molar-refractivity contribution in [3.05, 3.63) is 18.2 Å². The number of imidazole rings is 1. The van der Waals surface area contributed by atoms with Crippen molar-refractivity contribution in [3.63, 3.8) is 0 Å². The van der Waals surface area contributed by atoms with E-state index < -0.39 is 11.9 Å². The highest BCUT2D eigenvalue weighted by Gasteiger charge is 2.30. The topological polar surface area (TPSA) is 75.4 Å². The molecule has 1 N–H and O–H groups in total. The fourth-order valence-corrected chi connectivity index (χ4v) is 2.39. The maximum Gasteiger partial charge on any atom is 0.308 e. The van der Waals surface area contributed by atoms with Crippen LogP contribution in [-0.4, -0.2) is 38.0 Å². The van der Waals surface area contributed by atoms with Crippen LogP contribution in [0.15, 0.2) is 12.5 Å². The molecule has 1 aromatic heterocycles. The Morgan fingerprint density at radius 2 is 2.37 bits per heavy atom. The first-order valence-electron chi connectivity index (χ1n) is 6.61. The Morgan fingerprint density at radius 3 is 3.05 bits per heavy atom. The third kappa shape index (κ3) is 3.13. The fraction of sp³-hybridized carbons (Fsp3) is 0.615. The van der Waals surface area contributed by atoms with Crippen LogP contribution in [0, 0.1) is 5.92 Å². The number of carbonyl (C=O) groups excluding carboxylic acids is 1. The molecule has 1 aliphatic rings. The zero-order valence-corrected chi connectivity index (χ0v) is 11.1. The second-order valence-corrected chi connectivity index (χ2v) is 4.93. The minimum Gasteiger partial charge on any atom is -0.481 e. The van der Waals surface area contributed by atoms with Gasteiger partial charge in [0.05, 0.1) is 24.5 Å². The summed E-state index contributed by atoms with van der Waals surface area (Å²) >= 11 is 0. The largest absolute Gasteiger partial charge is 0.481 e. The molecule has 0 bridgehead atoms. The van der Waals surface area contributed by atoms with Gasteiger partial charge in [0, 0.05) is 25.7 Å². The van der Waals surface area contributed by atoms with Crippen LogP contribution in [0.5, 0.6) is 0 Å². The Morgan fingerprint density at radius 1 is 1.58 bits per heavy atom. The fourth-order valence-electron chi connectivity index (χ4n) is 2.39. The molecule has 6 heteroatoms. The van der Waals surface area contributed by atoms with Gasteiger partial charge in [0.2, 0.25) is 5.91 Å². The van der Waals surface area contributed by atoms with E-state index in [4.69, 9.17) is 5.11 Å². The molecule has 1 atom stereocenters. The van der Waals surface area contributed by atoms with E-state index in [0.29, 0.717) is 25.9 Å². The summed E-state index contributed by atoms with van der Waals surface area (Å²) in [6.45, 7) is 3.68. The van der Waals surface area contributed by atoms with E-state index in [9.17, 15) is 9.59 Å². The minimum absolute atomic E-state index is 0.0294. The van der Waals surface area contributed by atoms with Crippen molar-refractivity contribution in [3.8, 4) is 0 Å². The summed E-state index contributed by atoms with van der Waals surface area (Å²) in [5.74, 6) is -1.23. The summed E-state index contributed by atoms with van der Waals surface area (Å²) in [4.78, 5) is 28.6. The highest BCUT2D eigenvalue weighted by molar-refractivity contribution is 5.80. The van der Waals surface area contributed by atoms with Gasteiger partial charge in [-0.25, -0.2) is 4.98 Å². The Kier molecular flexibility index (Phi) is 4.19. The molecule has 1 aromatic rings. The minimum atomic E-state index is -0.820. The summed E-state index contributed by atoms with van der Waals surface area (Å²) in [7, 11) is 0. The van der Waals surface area contributed by atoms with Crippen LogP contribution < -0.4 is 0 Å². The number of carbonyl (C=O) groups is 2. The maximum atomic E-state index is 11.9. The lowest BCUT2D eigenvalue weighted by atomic mass is 9.97. The van der Waals surface area contributed by atoms with Gasteiger partial charge in [-0.2, -0.15) is 0 Å². The van der Waals surface area contributed by atoms with Gasteiger partial charge in [-0.3, -0.25) is 9.59 Å². The molecular weight excluding hydrogens is 246 g/mol. The molecule has 104 valence electrons. The molecule has 0 aliphatic carbocycles. The predicted molar refractivity (Wildman–Crippen MR) is 68.3 cm³/mol. The second-order valence-electron chi connectivity index (χ2n) is 4.93. The monoisotopic (exact) mass is 265 g/mol. The SMILES string of the molecule is CCCn1cncc1CN1CC(C(=O)O)CCC1=O. The van der Waals surface area contributed by atoms with Crippen LogP contribution >= 0.6 is 0 Å². The smallest absolute Gasteiger partial charge is 0.308 e. The number of likely N-dealkylation sites (tertiary alicyclic amines) is 1. The second kappa shape index (κ2) is 5.86. The van der Waals surface area contributed by atoms with E-state index in [2.05, 4.69) is 11.9 Å². The average Bonchev–Trinajstić information content (AvgIpc) is 2.80. The lowest BCUT2D eigenvalue weighted by Gasteiger charge is -2.30. The van der Waals surface area contributed by atoms with Gasteiger partial charge in [-0.1, -0.05) is 6.92 Å². The summed E-state index contributed by atoms with van der Waals surface area (Å²) < 4.78 is 2.01. The quantitative estimate of drug-likeness (QED) is 0.865. The lowest BCUT2D eigenvalue weighted by Crippen LogP contribution is -2.42. The number of nitrogens with zero attached hydrogens (tertiary/aromatic N) is 3. The number of hydrogen-bond acceptors (Lipinski definition) is 3. The molecule has 2 heterocycles. The molecule has 19 heavy (non-hydrogen) atoms. The summed E-state index contributed by atoms with van der Waals surface area (Å²) in [6, 6.07) is 0. The molecule has 0 aromatic carbocycles. The Bertz CT molecular complexity index is 469. The molecule has 1 saturated heterocycles. The van der Waals surface area contributed by atoms with Crippen LogP contribution in [-0.2, 0) is 22.7 Å². The first kappa shape index (κ1) is 13.6. The zero-order chi connectivity index (χ0) is 13.8. The normalized spacial score (nSPS) is 19.7. The summed E-state index contributed by atoms with van der Waals surface area (Å²) in [5, 5.41) is 9.05. The Hall–Kier alpha value is -1.85. The number of amides is 1. The third-order valence-corrected chi connectivity index (χ3v) is 3.47. The van der Waals surface area contributed by atoms with Crippen LogP contribution in [0.3, 0.4) is 0 Å². The number of aromatic nitrogens is 2. The van der Waals surface area contributed by atoms with Crippen LogP contribution in [0.4, 0.5) is 0 Å². The van der Waals surface area contributed by atoms with Gasteiger partial charge in [0.1, 0.15) is 0 Å². The van der Waals surface area contributed by atoms with Gasteiger partial charge < -0.3 is 14.6 Å². The molecule has 1 amide bonds. The van der Waals surface area contributed by atoms with Gasteiger partial charge in [-0.15, -0.1) is 0 Å². The van der Waals surface area contributed by atoms with E-state index in [1.54, 1.807) is 17.4 Å². The Labute approximate surface area is 112 Å². The maximum absolute atomic E-state index is 11.9. The van der Waals surface area contributed by atoms with Gasteiger partial charge >= 0.3 is 5.97 Å². The molecule has 0 radical (unpaired) electrons. The zero-order valence-electron chi connectivity index (χ0n) is 11.1. The summed E-state index contributed by atoms with van der Waals surface area (Å²) in [6.07, 6.45) is 5.25. The van der Waals surface area contributed by atoms with Gasteiger partial charge in [0.25, 0.3) is 0 Å². The van der Waals surface area contributed by atoms with Crippen molar-refractivity contribution in [2.24, 2.45) is 5.92 Å². The molecule has 0 spiro atoms. The van der Waals surface area contributed by atoms with E-state index >= 15 is 0 Å². The van der Waals surface area contributed by atoms with Crippen LogP contribution in [0.25, 0.3) is 0 Å². The molecule has 0 saturated carbocycles. The van der Waals surface area contributed by atoms with Gasteiger partial charge in [-0.05, 0) is 12.8 Å². The number of carboxylic acids is 1. The molecular formula is C13H19N3O3. The number of aryl methyl sites for hydroxylation is 1. The summed E-state index contributed by atoms with van der Waals surface area (Å²) in [5.41, 5.74) is 0.959. The molecule has 1 aliphatic heterocycles. The standard InChI is InChI=1S/C13H19N3O3/c1-2-5-15-9-14-6-11(15)8-16-7-10(13(18)19)3-4-12(16)17/h6,9-10H,2-5,7-8H2,1H3,(H,18,19). The van der Waals surface area contributed by atoms with Crippen molar-refractivity contribution in [1.29, 1.82) is 0 Å². The number of aliphatic carboxylic acids is 1. The first-order valence-corrected chi connectivity index (χ1v) is 6.61. The van der Waals surface area contributed by atoms with Crippen LogP contribution in [0.2, 0.25) is 0 Å². The molecule has 1 fully saturated rings. The highest BCUT2D eigenvalue weighted by atomic mass is 16.4. The van der Waals surface area contributed by atoms with Crippen molar-refractivity contribution in [2.75, 3.05) is 6.54 Å². The molecule has 1 unspecified atom stereocenters. The van der Waals surface area contributed by atoms with Crippen molar-refractivity contribution < 1.29 is 14.7 Å². The first-order chi connectivity index (χ1) is 9.11. The number of carboxylic acid groups (broad SMARTS) is 1. The number of rotatable bonds is 5. The highest BCUT2D eigenvalue weighted by Crippen LogP contribution is 2.20. The Balaban J connectivity index is 2.05. The van der Waals surface area contributed by atoms with E-state index in [-0.39, 0.29) is 5.91 Å². The van der Waals surface area contributed by atoms with Crippen molar-refractivity contribution in [1.82, 2.24) is 14.5 Å². The van der Waals surface area contributed by atoms with Crippen molar-refractivity contribution >= 4 is 11.9 Å². The van der Waals surface area contributed by atoms with E-state index in [0.717, 1.165) is 18.7 Å². The van der Waals surface area contributed by atoms with E-state index in [1.165, 1.54) is 0 Å². The predicted octanol–water partition coefficient (Wildman–Crippen LogP) is 1.12. The molecule has 2 rings (SSSR count). The lowest BCUT2D eigenvalue weighted by molar-refractivity contribution is -0.147. The van der Waals surface area contributed by atoms with E-state index in [1.807, 2.05) is 4.57 Å². The van der Waals surface area contributed by atoms with Gasteiger partial charge in [0.15, 0.2) is 0 Å². The number of hydrogen-bond donors (Lipinski definition) is 1. The molecule has 6 nitrogen and oxygen atoms in total. The number of piperidine rings is 1.